The molecule has 0 spiro atoms. The van der Waals surface area contributed by atoms with Gasteiger partial charge in [-0.25, -0.2) is 0 Å². The first-order valence-electron chi connectivity index (χ1n) is 0.289. The van der Waals surface area contributed by atoms with Gasteiger partial charge in [0.25, 0.3) is 0 Å². The minimum absolute atomic E-state index is 0. The molecule has 24 valence electrons. The van der Waals surface area contributed by atoms with Crippen molar-refractivity contribution >= 4 is 36.0 Å². The third-order valence-corrected chi connectivity index (χ3v) is 0. The van der Waals surface area contributed by atoms with E-state index in [1.807, 2.05) is 0 Å². The molecule has 0 aliphatic rings. The maximum atomic E-state index is 8.28. The Morgan fingerprint density at radius 3 is 1.20 bits per heavy atom. The summed E-state index contributed by atoms with van der Waals surface area (Å²) in [5, 5.41) is 0. The SMILES string of the molecule is [GaH3].[La].[Nb].[O]=[AlH]. The van der Waals surface area contributed by atoms with Gasteiger partial charge in [0.2, 0.25) is 0 Å². The van der Waals surface area contributed by atoms with Crippen LogP contribution in [0.2, 0.25) is 0 Å². The predicted molar refractivity (Wildman–Crippen MR) is 17.8 cm³/mol. The molecule has 0 atom stereocenters. The van der Waals surface area contributed by atoms with E-state index in [4.69, 9.17) is 3.80 Å². The van der Waals surface area contributed by atoms with E-state index in [-0.39, 0.29) is 77.8 Å². The van der Waals surface area contributed by atoms with Gasteiger partial charge in [0.15, 0.2) is 0 Å². The monoisotopic (exact) mass is 348 g/mol. The van der Waals surface area contributed by atoms with Crippen LogP contribution in [-0.4, -0.2) is 36.0 Å². The molecular formula is H4AlGaLaNbO. The zero-order chi connectivity index (χ0) is 2.00. The van der Waals surface area contributed by atoms with Crippen LogP contribution >= 0.6 is 0 Å². The molecule has 0 N–H and O–H groups in total. The first-order chi connectivity index (χ1) is 1.00. The summed E-state index contributed by atoms with van der Waals surface area (Å²) in [7, 11) is 0. The van der Waals surface area contributed by atoms with Crippen LogP contribution in [0, 0.1) is 35.6 Å². The molecule has 0 aromatic carbocycles. The molecule has 0 amide bonds. The molecule has 5 heavy (non-hydrogen) atoms. The summed E-state index contributed by atoms with van der Waals surface area (Å²) < 4.78 is 8.28. The Morgan fingerprint density at radius 2 is 1.20 bits per heavy atom. The van der Waals surface area contributed by atoms with Crippen molar-refractivity contribution in [3.8, 4) is 0 Å². The minimum atomic E-state index is 0. The van der Waals surface area contributed by atoms with Gasteiger partial charge in [0.05, 0.1) is 0 Å². The summed E-state index contributed by atoms with van der Waals surface area (Å²) in [4.78, 5) is 0. The van der Waals surface area contributed by atoms with Crippen LogP contribution in [0.3, 0.4) is 0 Å². The molecule has 5 heteroatoms. The second-order valence-corrected chi connectivity index (χ2v) is 0. The quantitative estimate of drug-likeness (QED) is 0.465. The van der Waals surface area contributed by atoms with Crippen LogP contribution in [0.25, 0.3) is 0 Å². The Hall–Kier alpha value is 2.90. The molecule has 0 fully saturated rings. The fourth-order valence-corrected chi connectivity index (χ4v) is 0. The molecule has 1 nitrogen and oxygen atoms in total. The van der Waals surface area contributed by atoms with Crippen LogP contribution in [0.1, 0.15) is 0 Å². The van der Waals surface area contributed by atoms with Crippen molar-refractivity contribution in [3.63, 3.8) is 0 Å². The van der Waals surface area contributed by atoms with Gasteiger partial charge in [0.1, 0.15) is 0 Å². The topological polar surface area (TPSA) is 17.1 Å². The van der Waals surface area contributed by atoms with Crippen molar-refractivity contribution in [2.24, 2.45) is 0 Å². The van der Waals surface area contributed by atoms with Crippen molar-refractivity contribution in [1.29, 1.82) is 0 Å². The van der Waals surface area contributed by atoms with Crippen LogP contribution in [-0.2, 0) is 26.2 Å². The zero-order valence-electron chi connectivity index (χ0n) is 2.14. The predicted octanol–water partition coefficient (Wildman–Crippen LogP) is -1.95. The van der Waals surface area contributed by atoms with Crippen LogP contribution in [0.4, 0.5) is 0 Å². The van der Waals surface area contributed by atoms with E-state index >= 15 is 0 Å². The van der Waals surface area contributed by atoms with Gasteiger partial charge in [-0.2, -0.15) is 0 Å². The Kier molecular flexibility index (Phi) is 141. The van der Waals surface area contributed by atoms with Gasteiger partial charge in [-0.15, -0.1) is 0 Å². The fraction of sp³-hybridized carbons (Fsp3) is 0. The summed E-state index contributed by atoms with van der Waals surface area (Å²) in [5.41, 5.74) is 0. The van der Waals surface area contributed by atoms with Gasteiger partial charge in [0, 0.05) is 58.0 Å². The molecule has 0 aliphatic heterocycles. The molecule has 0 heterocycles. The molecular weight excluding hydrogens is 345 g/mol. The second kappa shape index (κ2) is 28.5. The number of hydrogen-bond acceptors (Lipinski definition) is 1. The molecule has 0 rings (SSSR count). The van der Waals surface area contributed by atoms with E-state index < -0.39 is 0 Å². The first kappa shape index (κ1) is 24.7. The Labute approximate surface area is 95.8 Å². The van der Waals surface area contributed by atoms with Crippen LogP contribution in [0.5, 0.6) is 0 Å². The van der Waals surface area contributed by atoms with Gasteiger partial charge < -0.3 is 0 Å². The maximum absolute atomic E-state index is 8.28. The van der Waals surface area contributed by atoms with Crippen molar-refractivity contribution in [1.82, 2.24) is 0 Å². The Bertz CT molecular complexity index is 11.6. The third kappa shape index (κ3) is 19.7. The molecule has 0 aromatic heterocycles. The Balaban J connectivity index is -0.00000000167. The van der Waals surface area contributed by atoms with E-state index in [2.05, 4.69) is 0 Å². The van der Waals surface area contributed by atoms with Crippen molar-refractivity contribution in [2.75, 3.05) is 0 Å². The van der Waals surface area contributed by atoms with E-state index in [1.165, 1.54) is 0 Å². The normalized spacial score (nSPS) is 0.600. The van der Waals surface area contributed by atoms with Crippen LogP contribution < -0.4 is 0 Å². The van der Waals surface area contributed by atoms with Crippen molar-refractivity contribution in [2.45, 2.75) is 0 Å². The van der Waals surface area contributed by atoms with Crippen molar-refractivity contribution < 1.29 is 61.8 Å². The van der Waals surface area contributed by atoms with Crippen LogP contribution in [0.15, 0.2) is 0 Å². The van der Waals surface area contributed by atoms with E-state index in [0.29, 0.717) is 16.2 Å². The summed E-state index contributed by atoms with van der Waals surface area (Å²) in [6.45, 7) is 0. The first-order valence-corrected chi connectivity index (χ1v) is 0.866. The molecule has 0 aromatic rings. The molecule has 0 bridgehead atoms. The zero-order valence-corrected chi connectivity index (χ0v) is 9.38. The summed E-state index contributed by atoms with van der Waals surface area (Å²) in [6, 6.07) is 0. The van der Waals surface area contributed by atoms with Gasteiger partial charge in [-0.3, -0.25) is 0 Å². The number of hydrogen-bond donors (Lipinski definition) is 0. The standard InChI is InChI=1S/Al.Ga.La.Nb.O.4H. The molecule has 0 saturated heterocycles. The average Bonchev–Trinajstić information content (AvgIpc) is 1.00. The Morgan fingerprint density at radius 1 is 1.20 bits per heavy atom. The van der Waals surface area contributed by atoms with E-state index in [9.17, 15) is 0 Å². The summed E-state index contributed by atoms with van der Waals surface area (Å²) in [6.07, 6.45) is 0. The third-order valence-electron chi connectivity index (χ3n) is 0. The molecule has 2 radical (unpaired) electrons. The summed E-state index contributed by atoms with van der Waals surface area (Å²) >= 11 is 0.611. The van der Waals surface area contributed by atoms with Crippen molar-refractivity contribution in [3.05, 3.63) is 0 Å². The number of rotatable bonds is 0. The van der Waals surface area contributed by atoms with Gasteiger partial charge >= 0.3 is 39.8 Å². The van der Waals surface area contributed by atoms with Gasteiger partial charge in [-0.1, -0.05) is 0 Å². The molecule has 0 aliphatic carbocycles. The van der Waals surface area contributed by atoms with Gasteiger partial charge in [-0.05, 0) is 0 Å². The fourth-order valence-electron chi connectivity index (χ4n) is 0. The molecule has 0 unspecified atom stereocenters. The van der Waals surface area contributed by atoms with E-state index in [1.54, 1.807) is 0 Å². The summed E-state index contributed by atoms with van der Waals surface area (Å²) in [5.74, 6) is 0. The average molecular weight is 349 g/mol. The van der Waals surface area contributed by atoms with E-state index in [0.717, 1.165) is 0 Å². The second-order valence-electron chi connectivity index (χ2n) is 0. The molecule has 0 saturated carbocycles.